The predicted molar refractivity (Wildman–Crippen MR) is 125 cm³/mol. The molecule has 3 aromatic rings. The molecule has 2 N–H and O–H groups in total. The normalized spacial score (nSPS) is 15.6. The molecule has 174 valence electrons. The van der Waals surface area contributed by atoms with Crippen LogP contribution in [0.2, 0.25) is 5.15 Å². The van der Waals surface area contributed by atoms with E-state index >= 15 is 0 Å². The van der Waals surface area contributed by atoms with Crippen LogP contribution in [-0.4, -0.2) is 51.9 Å². The number of benzene rings is 1. The lowest BCUT2D eigenvalue weighted by Crippen LogP contribution is -2.41. The number of amides is 1. The van der Waals surface area contributed by atoms with Crippen molar-refractivity contribution in [2.24, 2.45) is 5.92 Å². The van der Waals surface area contributed by atoms with Gasteiger partial charge in [-0.2, -0.15) is 9.40 Å². The number of carbonyl (C=O) groups is 1. The van der Waals surface area contributed by atoms with E-state index in [9.17, 15) is 13.2 Å². The number of piperidine rings is 1. The molecule has 1 amide bonds. The zero-order valence-corrected chi connectivity index (χ0v) is 19.9. The van der Waals surface area contributed by atoms with Crippen molar-refractivity contribution in [1.29, 1.82) is 0 Å². The standard InChI is InChI=1S/C22H25ClN6O3S/c1-14(2)20-26-21(28-27-20)16-6-3-4-7-17(16)25-22(30)15-9-12-29(13-10-15)33(31,32)18-8-5-11-24-19(18)23/h3-8,11,14-15H,9-10,12-13H2,1-2H3,(H,25,30)(H,26,27,28). The van der Waals surface area contributed by atoms with Crippen LogP contribution in [-0.2, 0) is 14.8 Å². The smallest absolute Gasteiger partial charge is 0.246 e. The number of halogens is 1. The first-order chi connectivity index (χ1) is 15.8. The van der Waals surface area contributed by atoms with Gasteiger partial charge in [-0.3, -0.25) is 9.89 Å². The molecule has 1 fully saturated rings. The van der Waals surface area contributed by atoms with Gasteiger partial charge >= 0.3 is 0 Å². The van der Waals surface area contributed by atoms with Crippen LogP contribution >= 0.6 is 11.6 Å². The van der Waals surface area contributed by atoms with E-state index in [1.807, 2.05) is 38.1 Å². The Kier molecular flexibility index (Phi) is 6.78. The number of hydrogen-bond donors (Lipinski definition) is 2. The third-order valence-corrected chi connectivity index (χ3v) is 7.99. The van der Waals surface area contributed by atoms with E-state index in [1.54, 1.807) is 0 Å². The average Bonchev–Trinajstić information content (AvgIpc) is 3.30. The fourth-order valence-corrected chi connectivity index (χ4v) is 5.63. The highest BCUT2D eigenvalue weighted by Crippen LogP contribution is 2.30. The molecule has 0 atom stereocenters. The second-order valence-corrected chi connectivity index (χ2v) is 10.5. The molecule has 0 spiro atoms. The zero-order chi connectivity index (χ0) is 23.6. The van der Waals surface area contributed by atoms with E-state index in [1.165, 1.54) is 22.6 Å². The number of nitrogens with zero attached hydrogens (tertiary/aromatic N) is 4. The second kappa shape index (κ2) is 9.58. The molecule has 1 aromatic carbocycles. The van der Waals surface area contributed by atoms with Crippen molar-refractivity contribution in [3.8, 4) is 11.4 Å². The highest BCUT2D eigenvalue weighted by atomic mass is 35.5. The van der Waals surface area contributed by atoms with Gasteiger partial charge in [0.2, 0.25) is 15.9 Å². The highest BCUT2D eigenvalue weighted by Gasteiger charge is 2.33. The number of nitrogens with one attached hydrogen (secondary N) is 2. The van der Waals surface area contributed by atoms with Gasteiger partial charge in [0.25, 0.3) is 0 Å². The molecule has 0 radical (unpaired) electrons. The highest BCUT2D eigenvalue weighted by molar-refractivity contribution is 7.89. The summed E-state index contributed by atoms with van der Waals surface area (Å²) in [7, 11) is -3.76. The number of para-hydroxylation sites is 1. The van der Waals surface area contributed by atoms with E-state index in [4.69, 9.17) is 11.6 Å². The molecule has 0 aliphatic carbocycles. The van der Waals surface area contributed by atoms with Gasteiger partial charge in [-0.1, -0.05) is 37.6 Å². The van der Waals surface area contributed by atoms with Crippen molar-refractivity contribution in [2.75, 3.05) is 18.4 Å². The number of hydrogen-bond acceptors (Lipinski definition) is 6. The van der Waals surface area contributed by atoms with Crippen molar-refractivity contribution in [1.82, 2.24) is 24.5 Å². The van der Waals surface area contributed by atoms with Crippen LogP contribution in [0, 0.1) is 5.92 Å². The Morgan fingerprint density at radius 1 is 1.18 bits per heavy atom. The molecule has 0 unspecified atom stereocenters. The van der Waals surface area contributed by atoms with E-state index in [2.05, 4.69) is 25.5 Å². The number of H-pyrrole nitrogens is 1. The summed E-state index contributed by atoms with van der Waals surface area (Å²) in [5.74, 6) is 1.03. The topological polar surface area (TPSA) is 121 Å². The third-order valence-electron chi connectivity index (χ3n) is 5.64. The average molecular weight is 489 g/mol. The molecule has 0 bridgehead atoms. The Labute approximate surface area is 197 Å². The first-order valence-electron chi connectivity index (χ1n) is 10.7. The Balaban J connectivity index is 1.44. The molecule has 9 nitrogen and oxygen atoms in total. The largest absolute Gasteiger partial charge is 0.325 e. The van der Waals surface area contributed by atoms with E-state index in [-0.39, 0.29) is 40.9 Å². The summed E-state index contributed by atoms with van der Waals surface area (Å²) < 4.78 is 27.2. The number of aromatic amines is 1. The van der Waals surface area contributed by atoms with Crippen molar-refractivity contribution in [3.63, 3.8) is 0 Å². The summed E-state index contributed by atoms with van der Waals surface area (Å²) in [5, 5.41) is 10.1. The molecule has 1 saturated heterocycles. The molecule has 2 aromatic heterocycles. The summed E-state index contributed by atoms with van der Waals surface area (Å²) in [4.78, 5) is 21.4. The molecule has 1 aliphatic heterocycles. The van der Waals surface area contributed by atoms with Crippen LogP contribution in [0.4, 0.5) is 5.69 Å². The molecule has 33 heavy (non-hydrogen) atoms. The molecule has 0 saturated carbocycles. The van der Waals surface area contributed by atoms with E-state index in [0.717, 1.165) is 11.4 Å². The number of rotatable bonds is 6. The van der Waals surface area contributed by atoms with Crippen molar-refractivity contribution < 1.29 is 13.2 Å². The maximum atomic E-state index is 13.0. The molecular weight excluding hydrogens is 464 g/mol. The lowest BCUT2D eigenvalue weighted by atomic mass is 9.97. The van der Waals surface area contributed by atoms with Gasteiger partial charge in [-0.25, -0.2) is 18.4 Å². The van der Waals surface area contributed by atoms with Crippen LogP contribution < -0.4 is 5.32 Å². The first-order valence-corrected chi connectivity index (χ1v) is 12.5. The Hall–Kier alpha value is -2.82. The number of aromatic nitrogens is 4. The van der Waals surface area contributed by atoms with Gasteiger partial charge in [0.15, 0.2) is 5.82 Å². The summed E-state index contributed by atoms with van der Waals surface area (Å²) in [6.07, 6.45) is 2.25. The van der Waals surface area contributed by atoms with Crippen LogP contribution in [0.15, 0.2) is 47.5 Å². The molecular formula is C22H25ClN6O3S. The van der Waals surface area contributed by atoms with Crippen LogP contribution in [0.3, 0.4) is 0 Å². The number of pyridine rings is 1. The van der Waals surface area contributed by atoms with E-state index in [0.29, 0.717) is 24.4 Å². The Morgan fingerprint density at radius 3 is 2.58 bits per heavy atom. The van der Waals surface area contributed by atoms with Gasteiger partial charge < -0.3 is 5.32 Å². The minimum absolute atomic E-state index is 0.0178. The Bertz CT molecular complexity index is 1250. The fraction of sp³-hybridized carbons (Fsp3) is 0.364. The SMILES string of the molecule is CC(C)c1nc(-c2ccccc2NC(=O)C2CCN(S(=O)(=O)c3cccnc3Cl)CC2)n[nH]1. The van der Waals surface area contributed by atoms with Crippen LogP contribution in [0.5, 0.6) is 0 Å². The van der Waals surface area contributed by atoms with Crippen molar-refractivity contribution in [3.05, 3.63) is 53.6 Å². The van der Waals surface area contributed by atoms with Crippen molar-refractivity contribution >= 4 is 33.2 Å². The third kappa shape index (κ3) is 4.92. The zero-order valence-electron chi connectivity index (χ0n) is 18.3. The van der Waals surface area contributed by atoms with Gasteiger partial charge in [-0.15, -0.1) is 0 Å². The summed E-state index contributed by atoms with van der Waals surface area (Å²) in [6, 6.07) is 10.3. The van der Waals surface area contributed by atoms with Crippen LogP contribution in [0.25, 0.3) is 11.4 Å². The van der Waals surface area contributed by atoms with E-state index < -0.39 is 10.0 Å². The Morgan fingerprint density at radius 2 is 1.91 bits per heavy atom. The molecule has 11 heteroatoms. The minimum atomic E-state index is -3.76. The monoisotopic (exact) mass is 488 g/mol. The number of anilines is 1. The minimum Gasteiger partial charge on any atom is -0.325 e. The summed E-state index contributed by atoms with van der Waals surface area (Å²) in [6.45, 7) is 4.50. The molecule has 1 aliphatic rings. The van der Waals surface area contributed by atoms with Gasteiger partial charge in [0.1, 0.15) is 15.9 Å². The van der Waals surface area contributed by atoms with Crippen LogP contribution in [0.1, 0.15) is 38.4 Å². The molecule has 4 rings (SSSR count). The maximum absolute atomic E-state index is 13.0. The van der Waals surface area contributed by atoms with Crippen molar-refractivity contribution in [2.45, 2.75) is 37.5 Å². The number of sulfonamides is 1. The van der Waals surface area contributed by atoms with Gasteiger partial charge in [0.05, 0.1) is 5.69 Å². The van der Waals surface area contributed by atoms with Gasteiger partial charge in [0, 0.05) is 36.7 Å². The predicted octanol–water partition coefficient (Wildman–Crippen LogP) is 3.68. The lowest BCUT2D eigenvalue weighted by Gasteiger charge is -2.30. The summed E-state index contributed by atoms with van der Waals surface area (Å²) >= 11 is 5.99. The quantitative estimate of drug-likeness (QED) is 0.510. The van der Waals surface area contributed by atoms with Gasteiger partial charge in [-0.05, 0) is 37.1 Å². The first kappa shape index (κ1) is 23.3. The lowest BCUT2D eigenvalue weighted by molar-refractivity contribution is -0.120. The summed E-state index contributed by atoms with van der Waals surface area (Å²) in [5.41, 5.74) is 1.34. The fourth-order valence-electron chi connectivity index (χ4n) is 3.74. The number of carbonyl (C=O) groups excluding carboxylic acids is 1. The second-order valence-electron chi connectivity index (χ2n) is 8.20. The molecule has 3 heterocycles. The maximum Gasteiger partial charge on any atom is 0.246 e.